The molecular weight excluding hydrogens is 569 g/mol. The van der Waals surface area contributed by atoms with Crippen molar-refractivity contribution in [3.05, 3.63) is 105 Å². The molecule has 0 saturated carbocycles. The summed E-state index contributed by atoms with van der Waals surface area (Å²) in [6, 6.07) is 17.3. The first kappa shape index (κ1) is 28.0. The van der Waals surface area contributed by atoms with E-state index in [-0.39, 0.29) is 40.4 Å². The van der Waals surface area contributed by atoms with Crippen LogP contribution in [0.25, 0.3) is 22.2 Å². The summed E-state index contributed by atoms with van der Waals surface area (Å²) in [5.41, 5.74) is 6.74. The van der Waals surface area contributed by atoms with Gasteiger partial charge in [0, 0.05) is 18.3 Å². The van der Waals surface area contributed by atoms with Crippen molar-refractivity contribution in [3.8, 4) is 11.1 Å². The Hall–Kier alpha value is -3.50. The number of nitrogens with one attached hydrogen (secondary N) is 2. The van der Waals surface area contributed by atoms with Crippen molar-refractivity contribution < 1.29 is 13.6 Å². The van der Waals surface area contributed by atoms with Gasteiger partial charge in [-0.2, -0.15) is 5.10 Å². The molecule has 0 fully saturated rings. The Balaban J connectivity index is 1.38. The van der Waals surface area contributed by atoms with Crippen LogP contribution < -0.4 is 5.32 Å². The van der Waals surface area contributed by atoms with Crippen LogP contribution in [-0.2, 0) is 17.6 Å². The molecule has 8 nitrogen and oxygen atoms in total. The highest BCUT2D eigenvalue weighted by Crippen LogP contribution is 2.32. The predicted molar refractivity (Wildman–Crippen MR) is 160 cm³/mol. The van der Waals surface area contributed by atoms with E-state index in [0.717, 1.165) is 33.5 Å². The van der Waals surface area contributed by atoms with Crippen LogP contribution in [0.3, 0.4) is 0 Å². The Bertz CT molecular complexity index is 1660. The number of hydrogen-bond acceptors (Lipinski definition) is 4. The highest BCUT2D eigenvalue weighted by Gasteiger charge is 2.22. The Morgan fingerprint density at radius 2 is 1.77 bits per heavy atom. The number of amides is 1. The number of hydrogen-bond donors (Lipinski definition) is 3. The first-order valence-electron chi connectivity index (χ1n) is 12.6. The molecule has 0 aliphatic rings. The van der Waals surface area contributed by atoms with E-state index in [4.69, 9.17) is 32.7 Å². The normalized spacial score (nSPS) is 12.9. The van der Waals surface area contributed by atoms with Crippen molar-refractivity contribution in [2.45, 2.75) is 26.3 Å². The molecule has 2 heterocycles. The van der Waals surface area contributed by atoms with Gasteiger partial charge in [0.25, 0.3) is 5.91 Å². The summed E-state index contributed by atoms with van der Waals surface area (Å²) in [5, 5.41) is 7.62. The van der Waals surface area contributed by atoms with Gasteiger partial charge in [0.1, 0.15) is 5.82 Å². The van der Waals surface area contributed by atoms with Crippen molar-refractivity contribution in [2.24, 2.45) is 0 Å². The Morgan fingerprint density at radius 3 is 2.48 bits per heavy atom. The minimum atomic E-state index is -1.91. The van der Waals surface area contributed by atoms with Crippen LogP contribution >= 0.6 is 23.2 Å². The van der Waals surface area contributed by atoms with E-state index in [1.807, 2.05) is 30.3 Å². The van der Waals surface area contributed by atoms with Gasteiger partial charge in [-0.15, -0.1) is 0 Å². The molecule has 0 spiro atoms. The van der Waals surface area contributed by atoms with E-state index < -0.39 is 17.0 Å². The largest absolute Gasteiger partial charge is 0.351 e. The maximum absolute atomic E-state index is 13.3. The van der Waals surface area contributed by atoms with Gasteiger partial charge >= 0.3 is 0 Å². The summed E-state index contributed by atoms with van der Waals surface area (Å²) >= 11 is 11.2. The number of fused-ring (bicyclic) bond motifs is 1. The quantitative estimate of drug-likeness (QED) is 0.177. The Morgan fingerprint density at radius 1 is 1.07 bits per heavy atom. The molecule has 11 heteroatoms. The lowest BCUT2D eigenvalue weighted by Gasteiger charge is -2.17. The van der Waals surface area contributed by atoms with E-state index >= 15 is 0 Å². The van der Waals surface area contributed by atoms with Gasteiger partial charge in [-0.3, -0.25) is 9.48 Å². The summed E-state index contributed by atoms with van der Waals surface area (Å²) in [7, 11) is 0. The maximum atomic E-state index is 13.3. The fraction of sp³-hybridized carbons (Fsp3) is 0.207. The first-order chi connectivity index (χ1) is 19.2. The van der Waals surface area contributed by atoms with E-state index in [0.29, 0.717) is 5.56 Å². The number of carbonyl (C=O) groups excluding carboxylic acids is 1. The molecule has 5 aromatic rings. The van der Waals surface area contributed by atoms with Crippen molar-refractivity contribution in [2.75, 3.05) is 12.3 Å². The van der Waals surface area contributed by atoms with Gasteiger partial charge in [-0.05, 0) is 60.4 Å². The van der Waals surface area contributed by atoms with E-state index in [1.165, 1.54) is 5.56 Å². The third kappa shape index (κ3) is 6.13. The van der Waals surface area contributed by atoms with Crippen LogP contribution in [-0.4, -0.2) is 46.7 Å². The predicted octanol–water partition coefficient (Wildman–Crippen LogP) is 6.13. The number of imidazole rings is 1. The Labute approximate surface area is 244 Å². The number of halogens is 2. The minimum Gasteiger partial charge on any atom is -0.351 e. The molecule has 0 aliphatic heterocycles. The molecule has 3 N–H and O–H groups in total. The van der Waals surface area contributed by atoms with Gasteiger partial charge in [0.05, 0.1) is 51.1 Å². The van der Waals surface area contributed by atoms with Crippen LogP contribution in [0.1, 0.15) is 38.8 Å². The van der Waals surface area contributed by atoms with Gasteiger partial charge < -0.3 is 14.9 Å². The minimum absolute atomic E-state index is 0.0685. The number of rotatable bonds is 9. The van der Waals surface area contributed by atoms with E-state index in [1.54, 1.807) is 29.2 Å². The molecule has 3 aromatic carbocycles. The summed E-state index contributed by atoms with van der Waals surface area (Å²) in [4.78, 5) is 21.6. The standard InChI is InChI=1S/C29H27Cl2N5O3S/c1-17-10-25-26(11-18(17)2)35-28(34-25)22(19-6-4-3-5-7-19)15-32-29(37)27-23(30)12-20(13-24(27)31)21-14-33-36(16-21)8-9-40(38)39/h3-7,10-14,16,22H,8-9,15H2,1-2H3,(H,32,37)(H,34,35)(H,38,39). The van der Waals surface area contributed by atoms with E-state index in [9.17, 15) is 9.00 Å². The van der Waals surface area contributed by atoms with E-state index in [2.05, 4.69) is 41.4 Å². The number of aryl methyl sites for hydroxylation is 3. The first-order valence-corrected chi connectivity index (χ1v) is 14.6. The molecule has 2 aromatic heterocycles. The lowest BCUT2D eigenvalue weighted by Crippen LogP contribution is -2.29. The number of H-pyrrole nitrogens is 1. The third-order valence-electron chi connectivity index (χ3n) is 6.85. The fourth-order valence-corrected chi connectivity index (χ4v) is 5.56. The monoisotopic (exact) mass is 595 g/mol. The second-order valence-electron chi connectivity index (χ2n) is 9.58. The van der Waals surface area contributed by atoms with Crippen LogP contribution in [0.15, 0.2) is 67.0 Å². The Kier molecular flexibility index (Phi) is 8.37. The summed E-state index contributed by atoms with van der Waals surface area (Å²) < 4.78 is 21.5. The van der Waals surface area contributed by atoms with Crippen molar-refractivity contribution >= 4 is 51.2 Å². The molecule has 5 rings (SSSR count). The van der Waals surface area contributed by atoms with Crippen LogP contribution in [0.5, 0.6) is 0 Å². The highest BCUT2D eigenvalue weighted by molar-refractivity contribution is 7.79. The zero-order valence-electron chi connectivity index (χ0n) is 21.8. The number of aromatic amines is 1. The summed E-state index contributed by atoms with van der Waals surface area (Å²) in [5.74, 6) is 0.195. The summed E-state index contributed by atoms with van der Waals surface area (Å²) in [6.45, 7) is 4.69. The van der Waals surface area contributed by atoms with Crippen molar-refractivity contribution in [1.82, 2.24) is 25.1 Å². The van der Waals surface area contributed by atoms with Crippen LogP contribution in [0.4, 0.5) is 0 Å². The second kappa shape index (κ2) is 11.9. The fourth-order valence-electron chi connectivity index (χ4n) is 4.56. The van der Waals surface area contributed by atoms with Gasteiger partial charge in [0.2, 0.25) is 0 Å². The molecule has 0 aliphatic carbocycles. The highest BCUT2D eigenvalue weighted by atomic mass is 35.5. The smallest absolute Gasteiger partial charge is 0.254 e. The molecule has 40 heavy (non-hydrogen) atoms. The zero-order valence-corrected chi connectivity index (χ0v) is 24.1. The second-order valence-corrected chi connectivity index (χ2v) is 11.4. The molecule has 2 unspecified atom stereocenters. The van der Waals surface area contributed by atoms with Crippen LogP contribution in [0.2, 0.25) is 10.0 Å². The van der Waals surface area contributed by atoms with Gasteiger partial charge in [-0.25, -0.2) is 9.19 Å². The molecule has 2 atom stereocenters. The average Bonchev–Trinajstić information content (AvgIpc) is 3.55. The van der Waals surface area contributed by atoms with Crippen molar-refractivity contribution in [1.29, 1.82) is 0 Å². The topological polar surface area (TPSA) is 113 Å². The number of aromatic nitrogens is 4. The SMILES string of the molecule is Cc1cc2nc(C(CNC(=O)c3c(Cl)cc(-c4cnn(CCS(=O)O)c4)cc3Cl)c3ccccc3)[nH]c2cc1C. The molecular formula is C29H27Cl2N5O3S. The lowest BCUT2D eigenvalue weighted by molar-refractivity contribution is 0.0952. The third-order valence-corrected chi connectivity index (χ3v) is 7.97. The molecule has 0 saturated heterocycles. The molecule has 0 bridgehead atoms. The van der Waals surface area contributed by atoms with Gasteiger partial charge in [-0.1, -0.05) is 53.5 Å². The number of carbonyl (C=O) groups is 1. The molecule has 206 valence electrons. The summed E-state index contributed by atoms with van der Waals surface area (Å²) in [6.07, 6.45) is 3.35. The average molecular weight is 597 g/mol. The number of benzene rings is 3. The number of nitrogens with zero attached hydrogens (tertiary/aromatic N) is 3. The molecule has 0 radical (unpaired) electrons. The maximum Gasteiger partial charge on any atom is 0.254 e. The lowest BCUT2D eigenvalue weighted by atomic mass is 9.98. The zero-order chi connectivity index (χ0) is 28.4. The van der Waals surface area contributed by atoms with Crippen molar-refractivity contribution in [3.63, 3.8) is 0 Å². The van der Waals surface area contributed by atoms with Crippen LogP contribution in [0, 0.1) is 13.8 Å². The molecule has 1 amide bonds. The van der Waals surface area contributed by atoms with Gasteiger partial charge in [0.15, 0.2) is 11.1 Å².